The van der Waals surface area contributed by atoms with Crippen LogP contribution in [-0.2, 0) is 16.1 Å². The van der Waals surface area contributed by atoms with Gasteiger partial charge in [-0.25, -0.2) is 9.78 Å². The van der Waals surface area contributed by atoms with Crippen molar-refractivity contribution in [2.24, 2.45) is 0 Å². The third-order valence-electron chi connectivity index (χ3n) is 4.62. The quantitative estimate of drug-likeness (QED) is 0.673. The lowest BCUT2D eigenvalue weighted by atomic mass is 10.1. The molecule has 0 saturated carbocycles. The summed E-state index contributed by atoms with van der Waals surface area (Å²) in [6.45, 7) is 7.34. The minimum absolute atomic E-state index is 0.104. The van der Waals surface area contributed by atoms with Gasteiger partial charge in [0.2, 0.25) is 11.3 Å². The molecule has 2 heterocycles. The van der Waals surface area contributed by atoms with Crippen LogP contribution in [0.5, 0.6) is 0 Å². The van der Waals surface area contributed by atoms with Gasteiger partial charge >= 0.3 is 5.97 Å². The molecule has 3 rings (SSSR count). The Morgan fingerprint density at radius 2 is 1.79 bits per heavy atom. The molecule has 0 aliphatic carbocycles. The van der Waals surface area contributed by atoms with Gasteiger partial charge < -0.3 is 14.6 Å². The van der Waals surface area contributed by atoms with Crippen molar-refractivity contribution >= 4 is 28.6 Å². The zero-order chi connectivity index (χ0) is 21.1. The van der Waals surface area contributed by atoms with Crippen LogP contribution in [0, 0.1) is 20.8 Å². The highest BCUT2D eigenvalue weighted by Crippen LogP contribution is 2.20. The van der Waals surface area contributed by atoms with Gasteiger partial charge in [0.25, 0.3) is 0 Å². The summed E-state index contributed by atoms with van der Waals surface area (Å²) in [4.78, 5) is 42.1. The summed E-state index contributed by atoms with van der Waals surface area (Å²) in [6, 6.07) is 9.07. The highest BCUT2D eigenvalue weighted by molar-refractivity contribution is 5.95. The highest BCUT2D eigenvalue weighted by atomic mass is 16.5. The summed E-state index contributed by atoms with van der Waals surface area (Å²) in [5.74, 6) is -1.01. The van der Waals surface area contributed by atoms with Crippen LogP contribution >= 0.6 is 0 Å². The predicted molar refractivity (Wildman–Crippen MR) is 111 cm³/mol. The minimum atomic E-state index is -0.719. The number of aryl methyl sites for hydroxylation is 3. The van der Waals surface area contributed by atoms with Crippen molar-refractivity contribution in [3.05, 3.63) is 69.1 Å². The number of amides is 1. The lowest BCUT2D eigenvalue weighted by Crippen LogP contribution is -2.25. The first-order chi connectivity index (χ1) is 13.8. The maximum atomic E-state index is 12.8. The van der Waals surface area contributed by atoms with E-state index in [2.05, 4.69) is 10.3 Å². The molecule has 0 bridgehead atoms. The summed E-state index contributed by atoms with van der Waals surface area (Å²) < 4.78 is 6.51. The maximum Gasteiger partial charge on any atom is 0.343 e. The molecule has 0 spiro atoms. The van der Waals surface area contributed by atoms with Gasteiger partial charge in [-0.05, 0) is 51.0 Å². The van der Waals surface area contributed by atoms with Crippen LogP contribution < -0.4 is 10.7 Å². The van der Waals surface area contributed by atoms with Crippen molar-refractivity contribution < 1.29 is 14.3 Å². The number of nitrogens with one attached hydrogen (secondary N) is 1. The summed E-state index contributed by atoms with van der Waals surface area (Å²) in [5, 5.41) is 3.18. The minimum Gasteiger partial charge on any atom is -0.462 e. The molecule has 1 N–H and O–H groups in total. The maximum absolute atomic E-state index is 12.8. The van der Waals surface area contributed by atoms with E-state index >= 15 is 0 Å². The first-order valence-corrected chi connectivity index (χ1v) is 9.35. The van der Waals surface area contributed by atoms with Gasteiger partial charge in [-0.3, -0.25) is 9.59 Å². The zero-order valence-corrected chi connectivity index (χ0v) is 16.9. The fourth-order valence-electron chi connectivity index (χ4n) is 3.18. The van der Waals surface area contributed by atoms with E-state index < -0.39 is 11.4 Å². The highest BCUT2D eigenvalue weighted by Gasteiger charge is 2.19. The largest absolute Gasteiger partial charge is 0.462 e. The average Bonchev–Trinajstić information content (AvgIpc) is 2.67. The van der Waals surface area contributed by atoms with Crippen molar-refractivity contribution in [3.8, 4) is 0 Å². The van der Waals surface area contributed by atoms with Gasteiger partial charge in [-0.15, -0.1) is 0 Å². The van der Waals surface area contributed by atoms with Crippen molar-refractivity contribution in [2.75, 3.05) is 11.9 Å². The fourth-order valence-corrected chi connectivity index (χ4v) is 3.18. The molecule has 29 heavy (non-hydrogen) atoms. The molecule has 1 aromatic carbocycles. The van der Waals surface area contributed by atoms with E-state index in [1.54, 1.807) is 26.0 Å². The molecule has 2 aromatic heterocycles. The number of benzene rings is 1. The lowest BCUT2D eigenvalue weighted by molar-refractivity contribution is -0.116. The number of hydrogen-bond donors (Lipinski definition) is 1. The number of anilines is 1. The zero-order valence-electron chi connectivity index (χ0n) is 16.9. The second-order valence-corrected chi connectivity index (χ2v) is 6.86. The Bertz CT molecular complexity index is 1140. The number of aromatic nitrogens is 2. The molecule has 0 atom stereocenters. The number of fused-ring (bicyclic) bond motifs is 1. The SMILES string of the molecule is CCOC(=O)c1cn(CC(=O)Nc2c(C)cccc2C)c2nc(C)ccc2c1=O. The van der Waals surface area contributed by atoms with Gasteiger partial charge in [0.05, 0.1) is 12.0 Å². The number of esters is 1. The molecule has 3 aromatic rings. The van der Waals surface area contributed by atoms with Gasteiger partial charge in [0.15, 0.2) is 0 Å². The van der Waals surface area contributed by atoms with E-state index in [4.69, 9.17) is 4.74 Å². The Hall–Kier alpha value is -3.48. The summed E-state index contributed by atoms with van der Waals surface area (Å²) in [7, 11) is 0. The van der Waals surface area contributed by atoms with Crippen molar-refractivity contribution in [1.82, 2.24) is 9.55 Å². The normalized spacial score (nSPS) is 10.8. The van der Waals surface area contributed by atoms with Crippen LogP contribution in [0.1, 0.15) is 34.1 Å². The number of para-hydroxylation sites is 1. The molecule has 7 nitrogen and oxygen atoms in total. The van der Waals surface area contributed by atoms with E-state index in [-0.39, 0.29) is 30.0 Å². The molecular formula is C22H23N3O4. The second-order valence-electron chi connectivity index (χ2n) is 6.86. The fraction of sp³-hybridized carbons (Fsp3) is 0.273. The average molecular weight is 393 g/mol. The molecule has 0 fully saturated rings. The number of carbonyl (C=O) groups excluding carboxylic acids is 2. The van der Waals surface area contributed by atoms with Crippen molar-refractivity contribution in [3.63, 3.8) is 0 Å². The van der Waals surface area contributed by atoms with Crippen LogP contribution in [-0.4, -0.2) is 28.0 Å². The van der Waals surface area contributed by atoms with Crippen LogP contribution in [0.2, 0.25) is 0 Å². The number of pyridine rings is 2. The third-order valence-corrected chi connectivity index (χ3v) is 4.62. The van der Waals surface area contributed by atoms with E-state index in [1.165, 1.54) is 10.8 Å². The number of nitrogens with zero attached hydrogens (tertiary/aromatic N) is 2. The van der Waals surface area contributed by atoms with Crippen LogP contribution in [0.4, 0.5) is 5.69 Å². The Labute approximate surface area is 168 Å². The molecule has 0 aliphatic rings. The van der Waals surface area contributed by atoms with E-state index in [0.29, 0.717) is 11.3 Å². The Morgan fingerprint density at radius 1 is 1.10 bits per heavy atom. The topological polar surface area (TPSA) is 90.3 Å². The molecule has 7 heteroatoms. The molecule has 0 saturated heterocycles. The van der Waals surface area contributed by atoms with Crippen LogP contribution in [0.3, 0.4) is 0 Å². The van der Waals surface area contributed by atoms with E-state index in [9.17, 15) is 14.4 Å². The third kappa shape index (κ3) is 4.18. The molecule has 0 aliphatic heterocycles. The molecule has 150 valence electrons. The Kier molecular flexibility index (Phi) is 5.77. The first-order valence-electron chi connectivity index (χ1n) is 9.35. The van der Waals surface area contributed by atoms with Crippen LogP contribution in [0.15, 0.2) is 41.3 Å². The molecule has 0 radical (unpaired) electrons. The molecular weight excluding hydrogens is 370 g/mol. The van der Waals surface area contributed by atoms with Gasteiger partial charge in [0, 0.05) is 17.6 Å². The van der Waals surface area contributed by atoms with Crippen molar-refractivity contribution in [1.29, 1.82) is 0 Å². The van der Waals surface area contributed by atoms with Gasteiger partial charge in [-0.1, -0.05) is 18.2 Å². The number of carbonyl (C=O) groups is 2. The van der Waals surface area contributed by atoms with Gasteiger partial charge in [-0.2, -0.15) is 0 Å². The number of rotatable bonds is 5. The standard InChI is InChI=1S/C22H23N3O4/c1-5-29-22(28)17-11-25(21-16(20(17)27)10-9-15(4)23-21)12-18(26)24-19-13(2)7-6-8-14(19)3/h6-11H,5,12H2,1-4H3,(H,24,26). The lowest BCUT2D eigenvalue weighted by Gasteiger charge is -2.15. The Morgan fingerprint density at radius 3 is 2.45 bits per heavy atom. The summed E-state index contributed by atoms with van der Waals surface area (Å²) >= 11 is 0. The smallest absolute Gasteiger partial charge is 0.343 e. The number of ether oxygens (including phenoxy) is 1. The van der Waals surface area contributed by atoms with Crippen LogP contribution in [0.25, 0.3) is 11.0 Å². The predicted octanol–water partition coefficient (Wildman–Crippen LogP) is 3.14. The van der Waals surface area contributed by atoms with Crippen molar-refractivity contribution in [2.45, 2.75) is 34.2 Å². The number of hydrogen-bond acceptors (Lipinski definition) is 5. The van der Waals surface area contributed by atoms with E-state index in [0.717, 1.165) is 16.8 Å². The Balaban J connectivity index is 2.04. The van der Waals surface area contributed by atoms with Gasteiger partial charge in [0.1, 0.15) is 17.8 Å². The second kappa shape index (κ2) is 8.26. The molecule has 1 amide bonds. The van der Waals surface area contributed by atoms with E-state index in [1.807, 2.05) is 32.0 Å². The summed E-state index contributed by atoms with van der Waals surface area (Å²) in [5.41, 5.74) is 3.11. The molecule has 0 unspecified atom stereocenters. The monoisotopic (exact) mass is 393 g/mol. The first kappa shape index (κ1) is 20.3. The summed E-state index contributed by atoms with van der Waals surface area (Å²) in [6.07, 6.45) is 1.35.